The van der Waals surface area contributed by atoms with Crippen molar-refractivity contribution < 1.29 is 4.79 Å². The van der Waals surface area contributed by atoms with Crippen LogP contribution in [-0.2, 0) is 4.79 Å². The zero-order chi connectivity index (χ0) is 11.3. The highest BCUT2D eigenvalue weighted by atomic mass is 16.2. The number of nitrogens with one attached hydrogen (secondary N) is 1. The molecule has 1 aliphatic heterocycles. The molecule has 0 aromatic carbocycles. The van der Waals surface area contributed by atoms with E-state index in [9.17, 15) is 4.79 Å². The van der Waals surface area contributed by atoms with Gasteiger partial charge >= 0.3 is 0 Å². The van der Waals surface area contributed by atoms with Crippen LogP contribution in [-0.4, -0.2) is 36.6 Å². The van der Waals surface area contributed by atoms with E-state index in [4.69, 9.17) is 5.73 Å². The van der Waals surface area contributed by atoms with Crippen molar-refractivity contribution in [2.45, 2.75) is 39.2 Å². The Labute approximate surface area is 92.2 Å². The van der Waals surface area contributed by atoms with Crippen LogP contribution in [0.25, 0.3) is 0 Å². The number of nitrogens with two attached hydrogens (primary N) is 1. The van der Waals surface area contributed by atoms with Crippen molar-refractivity contribution in [1.82, 2.24) is 10.2 Å². The Morgan fingerprint density at radius 2 is 1.93 bits per heavy atom. The lowest BCUT2D eigenvalue weighted by Gasteiger charge is -2.27. The molecule has 0 bridgehead atoms. The van der Waals surface area contributed by atoms with E-state index in [0.29, 0.717) is 6.67 Å². The molecule has 1 fully saturated rings. The minimum absolute atomic E-state index is 0.0319. The largest absolute Gasteiger partial charge is 0.342 e. The lowest BCUT2D eigenvalue weighted by Crippen LogP contribution is -2.48. The number of amides is 1. The summed E-state index contributed by atoms with van der Waals surface area (Å²) in [6, 6.07) is -0.380. The molecule has 4 heteroatoms. The van der Waals surface area contributed by atoms with E-state index in [1.807, 2.05) is 13.8 Å². The van der Waals surface area contributed by atoms with Crippen LogP contribution in [0.15, 0.2) is 0 Å². The van der Waals surface area contributed by atoms with E-state index in [0.717, 1.165) is 13.1 Å². The van der Waals surface area contributed by atoms with Crippen molar-refractivity contribution in [3.05, 3.63) is 0 Å². The summed E-state index contributed by atoms with van der Waals surface area (Å²) in [5.74, 6) is 0.168. The highest BCUT2D eigenvalue weighted by Crippen LogP contribution is 2.07. The first-order valence-electron chi connectivity index (χ1n) is 5.87. The Kier molecular flexibility index (Phi) is 5.05. The monoisotopic (exact) mass is 213 g/mol. The van der Waals surface area contributed by atoms with Crippen molar-refractivity contribution in [2.75, 3.05) is 19.8 Å². The number of likely N-dealkylation sites (tertiary alicyclic amines) is 1. The summed E-state index contributed by atoms with van der Waals surface area (Å²) >= 11 is 0. The van der Waals surface area contributed by atoms with Gasteiger partial charge in [-0.3, -0.25) is 9.69 Å². The Hall–Kier alpha value is -0.610. The zero-order valence-corrected chi connectivity index (χ0v) is 9.83. The van der Waals surface area contributed by atoms with Crippen LogP contribution in [0.4, 0.5) is 0 Å². The smallest absolute Gasteiger partial charge is 0.238 e. The van der Waals surface area contributed by atoms with Crippen LogP contribution in [0.3, 0.4) is 0 Å². The van der Waals surface area contributed by atoms with Crippen molar-refractivity contribution in [2.24, 2.45) is 11.7 Å². The standard InChI is InChI=1S/C11H23N3O/c1-9(2)10(12)11(15)13-8-14-6-4-3-5-7-14/h9-10H,3-8,12H2,1-2H3,(H,13,15). The molecule has 1 heterocycles. The lowest BCUT2D eigenvalue weighted by atomic mass is 10.1. The number of hydrogen-bond acceptors (Lipinski definition) is 3. The van der Waals surface area contributed by atoms with Gasteiger partial charge in [-0.15, -0.1) is 0 Å². The van der Waals surface area contributed by atoms with Gasteiger partial charge in [-0.1, -0.05) is 20.3 Å². The molecule has 0 saturated carbocycles. The van der Waals surface area contributed by atoms with Crippen LogP contribution in [0.1, 0.15) is 33.1 Å². The molecule has 0 radical (unpaired) electrons. The predicted molar refractivity (Wildman–Crippen MR) is 61.2 cm³/mol. The average molecular weight is 213 g/mol. The zero-order valence-electron chi connectivity index (χ0n) is 9.83. The highest BCUT2D eigenvalue weighted by Gasteiger charge is 2.18. The van der Waals surface area contributed by atoms with Gasteiger partial charge in [0.05, 0.1) is 12.7 Å². The molecule has 4 nitrogen and oxygen atoms in total. The molecule has 1 atom stereocenters. The van der Waals surface area contributed by atoms with E-state index in [1.165, 1.54) is 19.3 Å². The van der Waals surface area contributed by atoms with Crippen LogP contribution >= 0.6 is 0 Å². The first kappa shape index (κ1) is 12.5. The van der Waals surface area contributed by atoms with Gasteiger partial charge in [-0.05, 0) is 31.8 Å². The fourth-order valence-electron chi connectivity index (χ4n) is 1.73. The minimum Gasteiger partial charge on any atom is -0.342 e. The molecular weight excluding hydrogens is 190 g/mol. The van der Waals surface area contributed by atoms with Crippen LogP contribution in [0.2, 0.25) is 0 Å². The second-order valence-corrected chi connectivity index (χ2v) is 4.65. The van der Waals surface area contributed by atoms with Gasteiger partial charge in [0.2, 0.25) is 5.91 Å². The van der Waals surface area contributed by atoms with E-state index in [1.54, 1.807) is 0 Å². The second kappa shape index (κ2) is 6.08. The van der Waals surface area contributed by atoms with Gasteiger partial charge in [0.15, 0.2) is 0 Å². The SMILES string of the molecule is CC(C)C(N)C(=O)NCN1CCCCC1. The summed E-state index contributed by atoms with van der Waals surface area (Å²) in [6.07, 6.45) is 3.80. The molecule has 0 aliphatic carbocycles. The number of rotatable bonds is 4. The maximum atomic E-state index is 11.6. The Bertz CT molecular complexity index is 200. The molecule has 1 rings (SSSR count). The number of piperidine rings is 1. The Morgan fingerprint density at radius 3 is 2.47 bits per heavy atom. The van der Waals surface area contributed by atoms with Gasteiger partial charge < -0.3 is 11.1 Å². The molecule has 0 aromatic rings. The number of carbonyl (C=O) groups excluding carboxylic acids is 1. The third-order valence-corrected chi connectivity index (χ3v) is 2.95. The van der Waals surface area contributed by atoms with Gasteiger partial charge in [0, 0.05) is 0 Å². The van der Waals surface area contributed by atoms with Crippen LogP contribution in [0.5, 0.6) is 0 Å². The molecule has 1 saturated heterocycles. The summed E-state index contributed by atoms with van der Waals surface area (Å²) in [4.78, 5) is 13.8. The van der Waals surface area contributed by atoms with E-state index < -0.39 is 0 Å². The molecule has 1 aliphatic rings. The summed E-state index contributed by atoms with van der Waals surface area (Å²) in [5.41, 5.74) is 5.75. The van der Waals surface area contributed by atoms with Crippen LogP contribution < -0.4 is 11.1 Å². The van der Waals surface area contributed by atoms with Gasteiger partial charge in [0.1, 0.15) is 0 Å². The minimum atomic E-state index is -0.380. The lowest BCUT2D eigenvalue weighted by molar-refractivity contribution is -0.124. The number of carbonyl (C=O) groups is 1. The maximum absolute atomic E-state index is 11.6. The third kappa shape index (κ3) is 4.18. The summed E-state index contributed by atoms with van der Waals surface area (Å²) in [5, 5.41) is 2.90. The predicted octanol–water partition coefficient (Wildman–Crippen LogP) is 0.529. The quantitative estimate of drug-likeness (QED) is 0.716. The Balaban J connectivity index is 2.20. The molecule has 1 unspecified atom stereocenters. The molecule has 0 aromatic heterocycles. The normalized spacial score (nSPS) is 20.3. The summed E-state index contributed by atoms with van der Waals surface area (Å²) in [7, 11) is 0. The van der Waals surface area contributed by atoms with E-state index in [-0.39, 0.29) is 17.9 Å². The van der Waals surface area contributed by atoms with Crippen LogP contribution in [0, 0.1) is 5.92 Å². The van der Waals surface area contributed by atoms with Crippen molar-refractivity contribution in [3.8, 4) is 0 Å². The second-order valence-electron chi connectivity index (χ2n) is 4.65. The molecule has 15 heavy (non-hydrogen) atoms. The Morgan fingerprint density at radius 1 is 1.33 bits per heavy atom. The summed E-state index contributed by atoms with van der Waals surface area (Å²) in [6.45, 7) is 6.77. The maximum Gasteiger partial charge on any atom is 0.238 e. The van der Waals surface area contributed by atoms with E-state index in [2.05, 4.69) is 10.2 Å². The molecule has 3 N–H and O–H groups in total. The number of hydrogen-bond donors (Lipinski definition) is 2. The summed E-state index contributed by atoms with van der Waals surface area (Å²) < 4.78 is 0. The fraction of sp³-hybridized carbons (Fsp3) is 0.909. The first-order chi connectivity index (χ1) is 7.11. The van der Waals surface area contributed by atoms with Crippen molar-refractivity contribution >= 4 is 5.91 Å². The average Bonchev–Trinajstić information content (AvgIpc) is 2.26. The fourth-order valence-corrected chi connectivity index (χ4v) is 1.73. The third-order valence-electron chi connectivity index (χ3n) is 2.95. The van der Waals surface area contributed by atoms with Crippen molar-refractivity contribution in [3.63, 3.8) is 0 Å². The van der Waals surface area contributed by atoms with Gasteiger partial charge in [-0.25, -0.2) is 0 Å². The molecule has 1 amide bonds. The van der Waals surface area contributed by atoms with Gasteiger partial charge in [0.25, 0.3) is 0 Å². The molecular formula is C11H23N3O. The first-order valence-corrected chi connectivity index (χ1v) is 5.87. The molecule has 0 spiro atoms. The number of nitrogens with zero attached hydrogens (tertiary/aromatic N) is 1. The molecule has 88 valence electrons. The van der Waals surface area contributed by atoms with Gasteiger partial charge in [-0.2, -0.15) is 0 Å². The van der Waals surface area contributed by atoms with Crippen molar-refractivity contribution in [1.29, 1.82) is 0 Å². The van der Waals surface area contributed by atoms with E-state index >= 15 is 0 Å². The highest BCUT2D eigenvalue weighted by molar-refractivity contribution is 5.81. The topological polar surface area (TPSA) is 58.4 Å².